The van der Waals surface area contributed by atoms with Crippen molar-refractivity contribution in [1.82, 2.24) is 0 Å². The number of esters is 1. The highest BCUT2D eigenvalue weighted by Crippen LogP contribution is 2.29. The first-order valence-corrected chi connectivity index (χ1v) is 6.16. The number of carbonyl (C=O) groups excluding carboxylic acids is 1. The summed E-state index contributed by atoms with van der Waals surface area (Å²) in [7, 11) is 1.35. The SMILES string of the molecule is COC(=O)c1ccc([C@H](O)C2CCOCC2)cc1. The molecule has 18 heavy (non-hydrogen) atoms. The van der Waals surface area contributed by atoms with Crippen LogP contribution in [0.1, 0.15) is 34.9 Å². The molecule has 1 heterocycles. The molecule has 0 unspecified atom stereocenters. The first-order valence-electron chi connectivity index (χ1n) is 6.16. The van der Waals surface area contributed by atoms with Crippen molar-refractivity contribution >= 4 is 5.97 Å². The third kappa shape index (κ3) is 2.89. The predicted octanol–water partition coefficient (Wildman–Crippen LogP) is 1.93. The maximum absolute atomic E-state index is 11.3. The number of hydrogen-bond acceptors (Lipinski definition) is 4. The van der Waals surface area contributed by atoms with Gasteiger partial charge >= 0.3 is 5.97 Å². The molecule has 1 aliphatic rings. The second-order valence-electron chi connectivity index (χ2n) is 4.51. The summed E-state index contributed by atoms with van der Waals surface area (Å²) in [4.78, 5) is 11.3. The minimum atomic E-state index is -0.486. The van der Waals surface area contributed by atoms with Crippen LogP contribution in [0.15, 0.2) is 24.3 Å². The van der Waals surface area contributed by atoms with Gasteiger partial charge in [0.1, 0.15) is 0 Å². The van der Waals surface area contributed by atoms with Crippen LogP contribution in [0.3, 0.4) is 0 Å². The summed E-state index contributed by atoms with van der Waals surface area (Å²) in [5.74, 6) is -0.121. The molecule has 0 amide bonds. The lowest BCUT2D eigenvalue weighted by atomic mass is 9.89. The second kappa shape index (κ2) is 5.98. The van der Waals surface area contributed by atoms with Crippen LogP contribution in [0.25, 0.3) is 0 Å². The monoisotopic (exact) mass is 250 g/mol. The molecule has 2 rings (SSSR count). The minimum Gasteiger partial charge on any atom is -0.465 e. The molecule has 0 aromatic heterocycles. The average molecular weight is 250 g/mol. The maximum atomic E-state index is 11.3. The van der Waals surface area contributed by atoms with Gasteiger partial charge in [0.05, 0.1) is 18.8 Å². The van der Waals surface area contributed by atoms with E-state index in [1.165, 1.54) is 7.11 Å². The highest BCUT2D eigenvalue weighted by Gasteiger charge is 2.23. The van der Waals surface area contributed by atoms with Gasteiger partial charge in [-0.3, -0.25) is 0 Å². The molecule has 0 bridgehead atoms. The summed E-state index contributed by atoms with van der Waals surface area (Å²) in [6.45, 7) is 1.42. The van der Waals surface area contributed by atoms with Crippen molar-refractivity contribution in [2.75, 3.05) is 20.3 Å². The van der Waals surface area contributed by atoms with Crippen LogP contribution in [0, 0.1) is 5.92 Å². The molecule has 0 spiro atoms. The summed E-state index contributed by atoms with van der Waals surface area (Å²) < 4.78 is 9.91. The lowest BCUT2D eigenvalue weighted by Gasteiger charge is -2.27. The Hall–Kier alpha value is -1.39. The molecule has 1 saturated heterocycles. The van der Waals surface area contributed by atoms with Crippen molar-refractivity contribution in [2.45, 2.75) is 18.9 Å². The molecule has 4 nitrogen and oxygen atoms in total. The summed E-state index contributed by atoms with van der Waals surface area (Å²) in [6.07, 6.45) is 1.26. The van der Waals surface area contributed by atoms with Crippen LogP contribution in [0.4, 0.5) is 0 Å². The number of benzene rings is 1. The van der Waals surface area contributed by atoms with Crippen LogP contribution < -0.4 is 0 Å². The van der Waals surface area contributed by atoms with E-state index in [9.17, 15) is 9.90 Å². The number of aliphatic hydroxyl groups excluding tert-OH is 1. The molecule has 1 fully saturated rings. The van der Waals surface area contributed by atoms with Crippen molar-refractivity contribution in [3.63, 3.8) is 0 Å². The van der Waals surface area contributed by atoms with Crippen molar-refractivity contribution in [2.24, 2.45) is 5.92 Å². The highest BCUT2D eigenvalue weighted by molar-refractivity contribution is 5.89. The quantitative estimate of drug-likeness (QED) is 0.833. The number of ether oxygens (including phenoxy) is 2. The Bertz CT molecular complexity index is 393. The van der Waals surface area contributed by atoms with E-state index in [1.807, 2.05) is 0 Å². The molecule has 0 radical (unpaired) electrons. The molecule has 0 saturated carbocycles. The Morgan fingerprint density at radius 1 is 1.33 bits per heavy atom. The van der Waals surface area contributed by atoms with Crippen molar-refractivity contribution in [3.05, 3.63) is 35.4 Å². The van der Waals surface area contributed by atoms with E-state index in [-0.39, 0.29) is 11.9 Å². The van der Waals surface area contributed by atoms with Gasteiger partial charge in [-0.05, 0) is 36.5 Å². The van der Waals surface area contributed by atoms with Crippen LogP contribution in [0.5, 0.6) is 0 Å². The highest BCUT2D eigenvalue weighted by atomic mass is 16.5. The van der Waals surface area contributed by atoms with Crippen molar-refractivity contribution < 1.29 is 19.4 Å². The van der Waals surface area contributed by atoms with Crippen LogP contribution in [0.2, 0.25) is 0 Å². The van der Waals surface area contributed by atoms with E-state index in [0.717, 1.165) is 18.4 Å². The molecule has 1 atom stereocenters. The van der Waals surface area contributed by atoms with Gasteiger partial charge in [0.2, 0.25) is 0 Å². The lowest BCUT2D eigenvalue weighted by Crippen LogP contribution is -2.22. The Labute approximate surface area is 107 Å². The predicted molar refractivity (Wildman–Crippen MR) is 66.3 cm³/mol. The summed E-state index contributed by atoms with van der Waals surface area (Å²) in [5.41, 5.74) is 1.34. The number of rotatable bonds is 3. The third-order valence-corrected chi connectivity index (χ3v) is 3.39. The number of methoxy groups -OCH3 is 1. The molecule has 1 aromatic carbocycles. The zero-order chi connectivity index (χ0) is 13.0. The first kappa shape index (κ1) is 13.1. The lowest BCUT2D eigenvalue weighted by molar-refractivity contribution is 0.00717. The molecule has 1 aromatic rings. The van der Waals surface area contributed by atoms with E-state index in [2.05, 4.69) is 4.74 Å². The smallest absolute Gasteiger partial charge is 0.337 e. The molecular formula is C14H18O4. The Morgan fingerprint density at radius 3 is 2.50 bits per heavy atom. The number of carbonyl (C=O) groups is 1. The zero-order valence-electron chi connectivity index (χ0n) is 10.5. The average Bonchev–Trinajstić information content (AvgIpc) is 2.47. The van der Waals surface area contributed by atoms with E-state index in [4.69, 9.17) is 4.74 Å². The molecular weight excluding hydrogens is 232 g/mol. The van der Waals surface area contributed by atoms with E-state index < -0.39 is 6.10 Å². The van der Waals surface area contributed by atoms with Crippen LogP contribution in [-0.2, 0) is 9.47 Å². The molecule has 1 aliphatic heterocycles. The molecule has 4 heteroatoms. The van der Waals surface area contributed by atoms with E-state index >= 15 is 0 Å². The van der Waals surface area contributed by atoms with Crippen molar-refractivity contribution in [1.29, 1.82) is 0 Å². The van der Waals surface area contributed by atoms with E-state index in [1.54, 1.807) is 24.3 Å². The molecule has 98 valence electrons. The van der Waals surface area contributed by atoms with Gasteiger partial charge in [0.25, 0.3) is 0 Å². The first-order chi connectivity index (χ1) is 8.72. The minimum absolute atomic E-state index is 0.239. The standard InChI is InChI=1S/C14H18O4/c1-17-14(16)12-4-2-10(3-5-12)13(15)11-6-8-18-9-7-11/h2-5,11,13,15H,6-9H2,1H3/t13-/m0/s1. The zero-order valence-corrected chi connectivity index (χ0v) is 10.5. The summed E-state index contributed by atoms with van der Waals surface area (Å²) in [6, 6.07) is 6.94. The summed E-state index contributed by atoms with van der Waals surface area (Å²) >= 11 is 0. The Balaban J connectivity index is 2.06. The molecule has 0 aliphatic carbocycles. The normalized spacial score (nSPS) is 18.3. The van der Waals surface area contributed by atoms with Gasteiger partial charge in [-0.2, -0.15) is 0 Å². The van der Waals surface area contributed by atoms with E-state index in [0.29, 0.717) is 18.8 Å². The summed E-state index contributed by atoms with van der Waals surface area (Å²) in [5, 5.41) is 10.3. The fourth-order valence-electron chi connectivity index (χ4n) is 2.24. The van der Waals surface area contributed by atoms with Gasteiger partial charge in [0.15, 0.2) is 0 Å². The van der Waals surface area contributed by atoms with Gasteiger partial charge in [-0.1, -0.05) is 12.1 Å². The molecule has 1 N–H and O–H groups in total. The number of hydrogen-bond donors (Lipinski definition) is 1. The van der Waals surface area contributed by atoms with Gasteiger partial charge in [0, 0.05) is 13.2 Å². The number of aliphatic hydroxyl groups is 1. The largest absolute Gasteiger partial charge is 0.465 e. The van der Waals surface area contributed by atoms with Crippen LogP contribution in [-0.4, -0.2) is 31.4 Å². The van der Waals surface area contributed by atoms with Crippen molar-refractivity contribution in [3.8, 4) is 0 Å². The topological polar surface area (TPSA) is 55.8 Å². The third-order valence-electron chi connectivity index (χ3n) is 3.39. The van der Waals surface area contributed by atoms with Gasteiger partial charge in [-0.15, -0.1) is 0 Å². The fourth-order valence-corrected chi connectivity index (χ4v) is 2.24. The van der Waals surface area contributed by atoms with Gasteiger partial charge in [-0.25, -0.2) is 4.79 Å². The van der Waals surface area contributed by atoms with Gasteiger partial charge < -0.3 is 14.6 Å². The Kier molecular flexibility index (Phi) is 4.33. The second-order valence-corrected chi connectivity index (χ2v) is 4.51. The Morgan fingerprint density at radius 2 is 1.94 bits per heavy atom. The van der Waals surface area contributed by atoms with Crippen LogP contribution >= 0.6 is 0 Å². The fraction of sp³-hybridized carbons (Fsp3) is 0.500. The maximum Gasteiger partial charge on any atom is 0.337 e.